The van der Waals surface area contributed by atoms with Crippen molar-refractivity contribution >= 4 is 11.3 Å². The molecule has 2 rings (SSSR count). The first-order valence-electron chi connectivity index (χ1n) is 7.20. The molecule has 0 saturated carbocycles. The lowest BCUT2D eigenvalue weighted by molar-refractivity contribution is -0.00778. The highest BCUT2D eigenvalue weighted by Crippen LogP contribution is 2.29. The molecule has 1 saturated heterocycles. The topological polar surface area (TPSA) is 38.5 Å². The molecule has 108 valence electrons. The van der Waals surface area contributed by atoms with Gasteiger partial charge >= 0.3 is 0 Å². The number of hydrogen-bond donors (Lipinski definition) is 1. The molecule has 1 aromatic rings. The minimum Gasteiger partial charge on any atom is -0.377 e. The van der Waals surface area contributed by atoms with E-state index in [1.54, 1.807) is 0 Å². The van der Waals surface area contributed by atoms with Gasteiger partial charge < -0.3 is 10.5 Å². The van der Waals surface area contributed by atoms with Gasteiger partial charge in [-0.25, -0.2) is 0 Å². The zero-order valence-electron chi connectivity index (χ0n) is 12.3. The van der Waals surface area contributed by atoms with Gasteiger partial charge in [0.15, 0.2) is 0 Å². The van der Waals surface area contributed by atoms with Gasteiger partial charge in [0.25, 0.3) is 0 Å². The molecule has 2 atom stereocenters. The van der Waals surface area contributed by atoms with Crippen molar-refractivity contribution in [3.8, 4) is 0 Å². The summed E-state index contributed by atoms with van der Waals surface area (Å²) in [4.78, 5) is 5.13. The lowest BCUT2D eigenvalue weighted by Crippen LogP contribution is -2.38. The van der Waals surface area contributed by atoms with Crippen LogP contribution in [0, 0.1) is 13.8 Å². The molecule has 1 aliphatic rings. The molecule has 0 aliphatic carbocycles. The van der Waals surface area contributed by atoms with Gasteiger partial charge in [-0.1, -0.05) is 0 Å². The predicted molar refractivity (Wildman–Crippen MR) is 81.8 cm³/mol. The monoisotopic (exact) mass is 282 g/mol. The third kappa shape index (κ3) is 3.78. The maximum atomic E-state index is 6.01. The average molecular weight is 282 g/mol. The number of nitrogens with zero attached hydrogens (tertiary/aromatic N) is 1. The average Bonchev–Trinajstić information content (AvgIpc) is 2.71. The molecule has 4 heteroatoms. The SMILES string of the molecule is Cc1cc(C(CN)N(C)CC2CCCCO2)c(C)s1. The van der Waals surface area contributed by atoms with Crippen molar-refractivity contribution in [1.29, 1.82) is 0 Å². The van der Waals surface area contributed by atoms with E-state index in [1.165, 1.54) is 34.6 Å². The highest BCUT2D eigenvalue weighted by molar-refractivity contribution is 7.12. The molecule has 3 nitrogen and oxygen atoms in total. The molecule has 1 fully saturated rings. The number of thiophene rings is 1. The number of nitrogens with two attached hydrogens (primary N) is 1. The van der Waals surface area contributed by atoms with E-state index in [0.29, 0.717) is 18.7 Å². The van der Waals surface area contributed by atoms with Crippen LogP contribution in [0.4, 0.5) is 0 Å². The Hall–Kier alpha value is -0.420. The summed E-state index contributed by atoms with van der Waals surface area (Å²) in [5.74, 6) is 0. The number of aryl methyl sites for hydroxylation is 2. The summed E-state index contributed by atoms with van der Waals surface area (Å²) >= 11 is 1.86. The third-order valence-electron chi connectivity index (χ3n) is 3.96. The minimum absolute atomic E-state index is 0.315. The van der Waals surface area contributed by atoms with Crippen LogP contribution in [0.25, 0.3) is 0 Å². The fourth-order valence-corrected chi connectivity index (χ4v) is 3.91. The highest BCUT2D eigenvalue weighted by Gasteiger charge is 2.23. The second kappa shape index (κ2) is 6.84. The van der Waals surface area contributed by atoms with Crippen molar-refractivity contribution in [1.82, 2.24) is 4.90 Å². The Balaban J connectivity index is 2.01. The van der Waals surface area contributed by atoms with Crippen LogP contribution < -0.4 is 5.73 Å². The number of hydrogen-bond acceptors (Lipinski definition) is 4. The quantitative estimate of drug-likeness (QED) is 0.902. The molecule has 0 bridgehead atoms. The largest absolute Gasteiger partial charge is 0.377 e. The summed E-state index contributed by atoms with van der Waals surface area (Å²) in [6, 6.07) is 2.60. The van der Waals surface area contributed by atoms with Crippen molar-refractivity contribution in [2.75, 3.05) is 26.7 Å². The van der Waals surface area contributed by atoms with Crippen LogP contribution in [-0.2, 0) is 4.74 Å². The van der Waals surface area contributed by atoms with Gasteiger partial charge in [-0.05, 0) is 51.8 Å². The fraction of sp³-hybridized carbons (Fsp3) is 0.733. The van der Waals surface area contributed by atoms with E-state index in [1.807, 2.05) is 11.3 Å². The molecule has 2 heterocycles. The Labute approximate surface area is 120 Å². The summed E-state index contributed by atoms with van der Waals surface area (Å²) < 4.78 is 5.83. The van der Waals surface area contributed by atoms with Crippen LogP contribution in [0.5, 0.6) is 0 Å². The van der Waals surface area contributed by atoms with Gasteiger partial charge in [-0.3, -0.25) is 4.90 Å². The first-order valence-corrected chi connectivity index (χ1v) is 8.02. The van der Waals surface area contributed by atoms with Gasteiger partial charge in [-0.2, -0.15) is 0 Å². The van der Waals surface area contributed by atoms with Crippen molar-refractivity contribution in [2.45, 2.75) is 45.3 Å². The van der Waals surface area contributed by atoms with Gasteiger partial charge in [-0.15, -0.1) is 11.3 Å². The smallest absolute Gasteiger partial charge is 0.0702 e. The maximum Gasteiger partial charge on any atom is 0.0702 e. The van der Waals surface area contributed by atoms with E-state index >= 15 is 0 Å². The van der Waals surface area contributed by atoms with Crippen molar-refractivity contribution in [3.63, 3.8) is 0 Å². The standard InChI is InChI=1S/C15H26N2OS/c1-11-8-14(12(2)19-11)15(9-16)17(3)10-13-6-4-5-7-18-13/h8,13,15H,4-7,9-10,16H2,1-3H3. The molecule has 1 aromatic heterocycles. The molecular formula is C15H26N2OS. The summed E-state index contributed by atoms with van der Waals surface area (Å²) in [6.45, 7) is 6.93. The molecule has 2 unspecified atom stereocenters. The Morgan fingerprint density at radius 1 is 1.47 bits per heavy atom. The van der Waals surface area contributed by atoms with Gasteiger partial charge in [0, 0.05) is 35.5 Å². The molecule has 0 spiro atoms. The summed E-state index contributed by atoms with van der Waals surface area (Å²) in [5, 5.41) is 0. The second-order valence-electron chi connectivity index (χ2n) is 5.55. The maximum absolute atomic E-state index is 6.01. The zero-order valence-corrected chi connectivity index (χ0v) is 13.1. The van der Waals surface area contributed by atoms with E-state index in [-0.39, 0.29) is 0 Å². The van der Waals surface area contributed by atoms with Crippen LogP contribution >= 0.6 is 11.3 Å². The molecule has 0 amide bonds. The number of likely N-dealkylation sites (N-methyl/N-ethyl adjacent to an activating group) is 1. The van der Waals surface area contributed by atoms with Crippen LogP contribution in [0.1, 0.15) is 40.6 Å². The van der Waals surface area contributed by atoms with Gasteiger partial charge in [0.05, 0.1) is 6.10 Å². The Morgan fingerprint density at radius 3 is 2.79 bits per heavy atom. The molecule has 1 aliphatic heterocycles. The van der Waals surface area contributed by atoms with Crippen LogP contribution in [0.2, 0.25) is 0 Å². The van der Waals surface area contributed by atoms with E-state index < -0.39 is 0 Å². The third-order valence-corrected chi connectivity index (χ3v) is 4.94. The second-order valence-corrected chi connectivity index (χ2v) is 7.01. The summed E-state index contributed by atoms with van der Waals surface area (Å²) in [6.07, 6.45) is 4.07. The van der Waals surface area contributed by atoms with Crippen LogP contribution in [0.3, 0.4) is 0 Å². The summed E-state index contributed by atoms with van der Waals surface area (Å²) in [5.41, 5.74) is 7.40. The Morgan fingerprint density at radius 2 is 2.26 bits per heavy atom. The Bertz CT molecular complexity index is 399. The van der Waals surface area contributed by atoms with Gasteiger partial charge in [0.1, 0.15) is 0 Å². The molecular weight excluding hydrogens is 256 g/mol. The van der Waals surface area contributed by atoms with E-state index in [4.69, 9.17) is 10.5 Å². The predicted octanol–water partition coefficient (Wildman–Crippen LogP) is 2.87. The normalized spacial score (nSPS) is 21.8. The lowest BCUT2D eigenvalue weighted by atomic mass is 10.0. The van der Waals surface area contributed by atoms with Crippen molar-refractivity contribution < 1.29 is 4.74 Å². The molecule has 0 radical (unpaired) electrons. The van der Waals surface area contributed by atoms with Crippen molar-refractivity contribution in [3.05, 3.63) is 21.4 Å². The minimum atomic E-state index is 0.315. The molecule has 19 heavy (non-hydrogen) atoms. The number of ether oxygens (including phenoxy) is 1. The lowest BCUT2D eigenvalue weighted by Gasteiger charge is -2.32. The first kappa shape index (κ1) is 15.0. The van der Waals surface area contributed by atoms with Gasteiger partial charge in [0.2, 0.25) is 0 Å². The van der Waals surface area contributed by atoms with Crippen molar-refractivity contribution in [2.24, 2.45) is 5.73 Å². The highest BCUT2D eigenvalue weighted by atomic mass is 32.1. The number of rotatable bonds is 5. The fourth-order valence-electron chi connectivity index (χ4n) is 2.93. The first-order chi connectivity index (χ1) is 9.11. The molecule has 2 N–H and O–H groups in total. The van der Waals surface area contributed by atoms with E-state index in [0.717, 1.165) is 13.2 Å². The van der Waals surface area contributed by atoms with E-state index in [9.17, 15) is 0 Å². The van der Waals surface area contributed by atoms with Crippen LogP contribution in [-0.4, -0.2) is 37.7 Å². The van der Waals surface area contributed by atoms with Crippen LogP contribution in [0.15, 0.2) is 6.07 Å². The van der Waals surface area contributed by atoms with E-state index in [2.05, 4.69) is 31.9 Å². The Kier molecular flexibility index (Phi) is 5.39. The summed E-state index contributed by atoms with van der Waals surface area (Å²) in [7, 11) is 2.17. The molecule has 0 aromatic carbocycles. The zero-order chi connectivity index (χ0) is 13.8.